The van der Waals surface area contributed by atoms with E-state index in [0.29, 0.717) is 11.7 Å². The Morgan fingerprint density at radius 3 is 2.57 bits per heavy atom. The Balaban J connectivity index is 1.52. The van der Waals surface area contributed by atoms with Gasteiger partial charge in [-0.3, -0.25) is 9.59 Å². The van der Waals surface area contributed by atoms with Crippen molar-refractivity contribution in [2.75, 3.05) is 5.32 Å². The number of anilines is 1. The van der Waals surface area contributed by atoms with Gasteiger partial charge in [-0.15, -0.1) is 0 Å². The average Bonchev–Trinajstić information content (AvgIpc) is 3.23. The van der Waals surface area contributed by atoms with Crippen molar-refractivity contribution in [2.45, 2.75) is 64.5 Å². The third kappa shape index (κ3) is 4.41. The average molecular weight is 427 g/mol. The van der Waals surface area contributed by atoms with E-state index in [4.69, 9.17) is 5.10 Å². The highest BCUT2D eigenvalue weighted by molar-refractivity contribution is 7.98. The molecule has 4 rings (SSSR count). The van der Waals surface area contributed by atoms with E-state index in [-0.39, 0.29) is 11.5 Å². The van der Waals surface area contributed by atoms with Crippen molar-refractivity contribution in [3.8, 4) is 5.69 Å². The Labute approximate surface area is 182 Å². The fourth-order valence-electron chi connectivity index (χ4n) is 4.89. The minimum Gasteiger partial charge on any atom is -0.345 e. The summed E-state index contributed by atoms with van der Waals surface area (Å²) in [5.74, 6) is 1.55. The van der Waals surface area contributed by atoms with Gasteiger partial charge < -0.3 is 10.6 Å². The molecule has 2 amide bonds. The summed E-state index contributed by atoms with van der Waals surface area (Å²) in [7, 11) is 0. The SMILES string of the molecule is Cc1ccc(-n2nc3c(c2NC(=O)C(=O)N[C@@H]2C[C@H](C)CC(C)(C)C2)CSC3)cc1. The molecule has 0 unspecified atom stereocenters. The van der Waals surface area contributed by atoms with Crippen LogP contribution in [0.5, 0.6) is 0 Å². The largest absolute Gasteiger partial charge is 0.345 e. The monoisotopic (exact) mass is 426 g/mol. The molecule has 2 aliphatic rings. The van der Waals surface area contributed by atoms with Crippen LogP contribution in [0.15, 0.2) is 24.3 Å². The molecule has 2 aromatic rings. The second kappa shape index (κ2) is 8.10. The highest BCUT2D eigenvalue weighted by atomic mass is 32.2. The molecule has 1 aliphatic carbocycles. The van der Waals surface area contributed by atoms with Gasteiger partial charge in [0.15, 0.2) is 0 Å². The van der Waals surface area contributed by atoms with Crippen LogP contribution in [-0.2, 0) is 21.1 Å². The first-order valence-corrected chi connectivity index (χ1v) is 11.7. The zero-order valence-electron chi connectivity index (χ0n) is 18.1. The number of hydrogen-bond acceptors (Lipinski definition) is 4. The molecule has 2 atom stereocenters. The Kier molecular flexibility index (Phi) is 5.66. The lowest BCUT2D eigenvalue weighted by Crippen LogP contribution is -2.46. The molecule has 7 heteroatoms. The Bertz CT molecular complexity index is 964. The maximum Gasteiger partial charge on any atom is 0.314 e. The lowest BCUT2D eigenvalue weighted by molar-refractivity contribution is -0.137. The predicted molar refractivity (Wildman–Crippen MR) is 121 cm³/mol. The molecule has 1 fully saturated rings. The quantitative estimate of drug-likeness (QED) is 0.722. The molecule has 0 saturated heterocycles. The van der Waals surface area contributed by atoms with Crippen LogP contribution in [0.3, 0.4) is 0 Å². The molecule has 1 aliphatic heterocycles. The molecule has 0 bridgehead atoms. The van der Waals surface area contributed by atoms with Crippen molar-refractivity contribution in [3.05, 3.63) is 41.1 Å². The predicted octanol–water partition coefficient (Wildman–Crippen LogP) is 4.20. The smallest absolute Gasteiger partial charge is 0.314 e. The Hall–Kier alpha value is -2.28. The van der Waals surface area contributed by atoms with Gasteiger partial charge in [-0.05, 0) is 49.7 Å². The lowest BCUT2D eigenvalue weighted by Gasteiger charge is -2.39. The third-order valence-electron chi connectivity index (χ3n) is 5.99. The number of carbonyl (C=O) groups is 2. The standard InChI is InChI=1S/C23H30N4O2S/c1-14-5-7-17(8-6-14)27-20(18-12-30-13-19(18)26-27)25-22(29)21(28)24-16-9-15(2)10-23(3,4)11-16/h5-8,15-16H,9-13H2,1-4H3,(H,24,28)(H,25,29)/t15-,16+/m0/s1. The first kappa shape index (κ1) is 21.0. The fraction of sp³-hybridized carbons (Fsp3) is 0.522. The summed E-state index contributed by atoms with van der Waals surface area (Å²) in [6.45, 7) is 8.69. The maximum absolute atomic E-state index is 12.8. The third-order valence-corrected chi connectivity index (χ3v) is 6.96. The van der Waals surface area contributed by atoms with Gasteiger partial charge in [0.2, 0.25) is 0 Å². The van der Waals surface area contributed by atoms with Crippen molar-refractivity contribution in [1.82, 2.24) is 15.1 Å². The van der Waals surface area contributed by atoms with Gasteiger partial charge in [-0.25, -0.2) is 4.68 Å². The first-order chi connectivity index (χ1) is 14.2. The lowest BCUT2D eigenvalue weighted by atomic mass is 9.70. The zero-order chi connectivity index (χ0) is 21.5. The van der Waals surface area contributed by atoms with Crippen LogP contribution in [0, 0.1) is 18.3 Å². The Morgan fingerprint density at radius 1 is 1.13 bits per heavy atom. The van der Waals surface area contributed by atoms with E-state index >= 15 is 0 Å². The van der Waals surface area contributed by atoms with Gasteiger partial charge in [0.1, 0.15) is 5.82 Å². The highest BCUT2D eigenvalue weighted by Gasteiger charge is 2.34. The van der Waals surface area contributed by atoms with E-state index in [1.54, 1.807) is 16.4 Å². The molecule has 1 aromatic heterocycles. The van der Waals surface area contributed by atoms with Crippen LogP contribution in [-0.4, -0.2) is 27.6 Å². The van der Waals surface area contributed by atoms with Crippen LogP contribution in [0.1, 0.15) is 56.9 Å². The van der Waals surface area contributed by atoms with E-state index in [2.05, 4.69) is 31.4 Å². The summed E-state index contributed by atoms with van der Waals surface area (Å²) in [6.07, 6.45) is 2.95. The van der Waals surface area contributed by atoms with Gasteiger partial charge in [0.05, 0.1) is 11.4 Å². The highest BCUT2D eigenvalue weighted by Crippen LogP contribution is 2.39. The van der Waals surface area contributed by atoms with Crippen LogP contribution < -0.4 is 10.6 Å². The molecule has 30 heavy (non-hydrogen) atoms. The summed E-state index contributed by atoms with van der Waals surface area (Å²) in [6, 6.07) is 8.02. The zero-order valence-corrected chi connectivity index (χ0v) is 18.9. The topological polar surface area (TPSA) is 76.0 Å². The van der Waals surface area contributed by atoms with E-state index < -0.39 is 11.8 Å². The van der Waals surface area contributed by atoms with E-state index in [0.717, 1.165) is 53.3 Å². The van der Waals surface area contributed by atoms with Crippen molar-refractivity contribution >= 4 is 29.4 Å². The van der Waals surface area contributed by atoms with Crippen molar-refractivity contribution in [2.24, 2.45) is 11.3 Å². The number of fused-ring (bicyclic) bond motifs is 1. The number of carbonyl (C=O) groups excluding carboxylic acids is 2. The molecular formula is C23H30N4O2S. The number of nitrogens with one attached hydrogen (secondary N) is 2. The number of rotatable bonds is 3. The summed E-state index contributed by atoms with van der Waals surface area (Å²) in [4.78, 5) is 25.5. The molecule has 2 heterocycles. The van der Waals surface area contributed by atoms with Gasteiger partial charge in [-0.2, -0.15) is 16.9 Å². The van der Waals surface area contributed by atoms with Crippen molar-refractivity contribution in [1.29, 1.82) is 0 Å². The van der Waals surface area contributed by atoms with Gasteiger partial charge in [0.25, 0.3) is 0 Å². The summed E-state index contributed by atoms with van der Waals surface area (Å²) in [5.41, 5.74) is 4.18. The number of aryl methyl sites for hydroxylation is 1. The summed E-state index contributed by atoms with van der Waals surface area (Å²) < 4.78 is 1.75. The number of nitrogens with zero attached hydrogens (tertiary/aromatic N) is 2. The van der Waals surface area contributed by atoms with Crippen LogP contribution in [0.4, 0.5) is 5.82 Å². The molecule has 160 valence electrons. The number of amides is 2. The molecule has 0 radical (unpaired) electrons. The van der Waals surface area contributed by atoms with Gasteiger partial charge in [0, 0.05) is 23.1 Å². The van der Waals surface area contributed by atoms with Gasteiger partial charge in [-0.1, -0.05) is 38.5 Å². The first-order valence-electron chi connectivity index (χ1n) is 10.6. The summed E-state index contributed by atoms with van der Waals surface area (Å²) in [5, 5.41) is 10.5. The van der Waals surface area contributed by atoms with Crippen molar-refractivity contribution < 1.29 is 9.59 Å². The van der Waals surface area contributed by atoms with Crippen LogP contribution in [0.2, 0.25) is 0 Å². The second-order valence-electron chi connectivity index (χ2n) is 9.55. The molecular weight excluding hydrogens is 396 g/mol. The van der Waals surface area contributed by atoms with Gasteiger partial charge >= 0.3 is 11.8 Å². The van der Waals surface area contributed by atoms with E-state index in [9.17, 15) is 9.59 Å². The second-order valence-corrected chi connectivity index (χ2v) is 10.5. The number of benzene rings is 1. The molecule has 1 aromatic carbocycles. The molecule has 6 nitrogen and oxygen atoms in total. The Morgan fingerprint density at radius 2 is 1.87 bits per heavy atom. The molecule has 0 spiro atoms. The normalized spacial score (nSPS) is 22.4. The number of aromatic nitrogens is 2. The van der Waals surface area contributed by atoms with Crippen LogP contribution in [0.25, 0.3) is 5.69 Å². The van der Waals surface area contributed by atoms with Crippen LogP contribution >= 0.6 is 11.8 Å². The summed E-state index contributed by atoms with van der Waals surface area (Å²) >= 11 is 1.77. The fourth-order valence-corrected chi connectivity index (χ4v) is 5.92. The molecule has 2 N–H and O–H groups in total. The number of hydrogen-bond donors (Lipinski definition) is 2. The number of thioether (sulfide) groups is 1. The van der Waals surface area contributed by atoms with Crippen molar-refractivity contribution in [3.63, 3.8) is 0 Å². The van der Waals surface area contributed by atoms with E-state index in [1.165, 1.54) is 0 Å². The minimum absolute atomic E-state index is 0.0327. The molecule has 1 saturated carbocycles. The minimum atomic E-state index is -0.626. The van der Waals surface area contributed by atoms with E-state index in [1.807, 2.05) is 31.2 Å². The maximum atomic E-state index is 12.8.